The lowest BCUT2D eigenvalue weighted by atomic mass is 10.1. The summed E-state index contributed by atoms with van der Waals surface area (Å²) >= 11 is 3.08. The maximum absolute atomic E-state index is 12.0. The zero-order chi connectivity index (χ0) is 14.5. The molecule has 4 nitrogen and oxygen atoms in total. The zero-order valence-corrected chi connectivity index (χ0v) is 13.8. The van der Waals surface area contributed by atoms with Crippen molar-refractivity contribution in [3.8, 4) is 0 Å². The number of carbonyl (C=O) groups excluding carboxylic acids is 1. The fraction of sp³-hybridized carbons (Fsp3) is 0.643. The Balaban J connectivity index is 2.10. The van der Waals surface area contributed by atoms with E-state index in [-0.39, 0.29) is 5.91 Å². The van der Waals surface area contributed by atoms with Crippen LogP contribution in [0.25, 0.3) is 0 Å². The van der Waals surface area contributed by atoms with Crippen molar-refractivity contribution in [1.82, 2.24) is 5.32 Å². The van der Waals surface area contributed by atoms with Crippen LogP contribution in [-0.4, -0.2) is 25.3 Å². The topological polar surface area (TPSA) is 67.2 Å². The fourth-order valence-electron chi connectivity index (χ4n) is 2.61. The Morgan fingerprint density at radius 2 is 2.15 bits per heavy atom. The first-order valence-electron chi connectivity index (χ1n) is 7.15. The van der Waals surface area contributed by atoms with Crippen LogP contribution in [0.15, 0.2) is 4.90 Å². The predicted octanol–water partition coefficient (Wildman–Crippen LogP) is 3.40. The molecule has 1 saturated carbocycles. The van der Waals surface area contributed by atoms with Crippen LogP contribution in [0.3, 0.4) is 0 Å². The molecule has 0 atom stereocenters. The highest BCUT2D eigenvalue weighted by Crippen LogP contribution is 2.42. The van der Waals surface area contributed by atoms with Gasteiger partial charge in [-0.15, -0.1) is 23.1 Å². The lowest BCUT2D eigenvalue weighted by Crippen LogP contribution is -2.22. The number of nitrogen functional groups attached to an aromatic ring is 1. The first-order valence-corrected chi connectivity index (χ1v) is 9.19. The zero-order valence-electron chi connectivity index (χ0n) is 12.1. The van der Waals surface area contributed by atoms with E-state index in [0.717, 1.165) is 22.4 Å². The van der Waals surface area contributed by atoms with Crippen LogP contribution in [0.5, 0.6) is 0 Å². The maximum Gasteiger partial charge on any atom is 0.263 e. The van der Waals surface area contributed by atoms with Gasteiger partial charge in [0.25, 0.3) is 5.91 Å². The predicted molar refractivity (Wildman–Crippen MR) is 89.0 cm³/mol. The molecule has 1 aliphatic carbocycles. The molecule has 112 valence electrons. The number of nitrogens with one attached hydrogen (secondary N) is 2. The molecule has 1 heterocycles. The molecule has 0 saturated heterocycles. The van der Waals surface area contributed by atoms with Crippen molar-refractivity contribution >= 4 is 39.7 Å². The third-order valence-electron chi connectivity index (χ3n) is 3.67. The summed E-state index contributed by atoms with van der Waals surface area (Å²) in [6.45, 7) is 3.52. The molecular weight excluding hydrogens is 290 g/mol. The molecule has 1 aromatic heterocycles. The van der Waals surface area contributed by atoms with Crippen molar-refractivity contribution in [2.75, 3.05) is 30.4 Å². The Kier molecular flexibility index (Phi) is 5.60. The SMILES string of the molecule is CCNC(=O)c1sc(NCC2CCCC2)c(SC)c1N. The molecule has 1 amide bonds. The van der Waals surface area contributed by atoms with Crippen LogP contribution < -0.4 is 16.4 Å². The average molecular weight is 313 g/mol. The highest BCUT2D eigenvalue weighted by molar-refractivity contribution is 7.99. The molecule has 1 aliphatic rings. The molecule has 0 aromatic carbocycles. The standard InChI is InChI=1S/C14H23N3OS2/c1-3-16-13(18)11-10(15)12(19-2)14(20-11)17-8-9-6-4-5-7-9/h9,17H,3-8,15H2,1-2H3,(H,16,18). The third-order valence-corrected chi connectivity index (χ3v) is 5.80. The van der Waals surface area contributed by atoms with Gasteiger partial charge < -0.3 is 16.4 Å². The highest BCUT2D eigenvalue weighted by atomic mass is 32.2. The summed E-state index contributed by atoms with van der Waals surface area (Å²) in [5.74, 6) is 0.695. The third kappa shape index (κ3) is 3.41. The Morgan fingerprint density at radius 1 is 1.45 bits per heavy atom. The van der Waals surface area contributed by atoms with Gasteiger partial charge in [-0.1, -0.05) is 12.8 Å². The van der Waals surface area contributed by atoms with Crippen molar-refractivity contribution < 1.29 is 4.79 Å². The monoisotopic (exact) mass is 313 g/mol. The van der Waals surface area contributed by atoms with E-state index in [4.69, 9.17) is 5.73 Å². The van der Waals surface area contributed by atoms with E-state index in [1.54, 1.807) is 11.8 Å². The molecular formula is C14H23N3OS2. The van der Waals surface area contributed by atoms with Crippen LogP contribution in [-0.2, 0) is 0 Å². The Morgan fingerprint density at radius 3 is 2.75 bits per heavy atom. The molecule has 0 bridgehead atoms. The molecule has 4 N–H and O–H groups in total. The largest absolute Gasteiger partial charge is 0.396 e. The van der Waals surface area contributed by atoms with Gasteiger partial charge in [0.1, 0.15) is 9.88 Å². The Bertz CT molecular complexity index is 467. The number of anilines is 2. The average Bonchev–Trinajstić information content (AvgIpc) is 3.04. The van der Waals surface area contributed by atoms with Crippen molar-refractivity contribution in [3.63, 3.8) is 0 Å². The summed E-state index contributed by atoms with van der Waals surface area (Å²) in [5, 5.41) is 7.37. The molecule has 0 unspecified atom stereocenters. The normalized spacial score (nSPS) is 15.5. The number of thioether (sulfide) groups is 1. The molecule has 6 heteroatoms. The maximum atomic E-state index is 12.0. The first-order chi connectivity index (χ1) is 9.67. The molecule has 1 fully saturated rings. The molecule has 20 heavy (non-hydrogen) atoms. The van der Waals surface area contributed by atoms with Crippen LogP contribution >= 0.6 is 23.1 Å². The van der Waals surface area contributed by atoms with Crippen LogP contribution in [0.2, 0.25) is 0 Å². The lowest BCUT2D eigenvalue weighted by Gasteiger charge is -2.11. The number of nitrogens with two attached hydrogens (primary N) is 1. The molecule has 0 aliphatic heterocycles. The number of thiophene rings is 1. The number of hydrogen-bond donors (Lipinski definition) is 3. The highest BCUT2D eigenvalue weighted by Gasteiger charge is 2.21. The molecule has 0 spiro atoms. The summed E-state index contributed by atoms with van der Waals surface area (Å²) in [7, 11) is 0. The van der Waals surface area contributed by atoms with Gasteiger partial charge in [-0.25, -0.2) is 0 Å². The molecule has 0 radical (unpaired) electrons. The second-order valence-electron chi connectivity index (χ2n) is 5.10. The second kappa shape index (κ2) is 7.22. The van der Waals surface area contributed by atoms with Gasteiger partial charge in [-0.2, -0.15) is 0 Å². The summed E-state index contributed by atoms with van der Waals surface area (Å²) in [4.78, 5) is 13.6. The van der Waals surface area contributed by atoms with E-state index in [1.807, 2.05) is 13.2 Å². The van der Waals surface area contributed by atoms with Gasteiger partial charge in [0.2, 0.25) is 0 Å². The quantitative estimate of drug-likeness (QED) is 0.704. The van der Waals surface area contributed by atoms with Crippen LogP contribution in [0.1, 0.15) is 42.3 Å². The minimum Gasteiger partial charge on any atom is -0.396 e. The summed E-state index contributed by atoms with van der Waals surface area (Å²) in [6.07, 6.45) is 7.31. The number of carbonyl (C=O) groups is 1. The van der Waals surface area contributed by atoms with Crippen LogP contribution in [0, 0.1) is 5.92 Å². The second-order valence-corrected chi connectivity index (χ2v) is 6.94. The minimum atomic E-state index is -0.0702. The Labute approximate surface area is 128 Å². The van der Waals surface area contributed by atoms with Crippen LogP contribution in [0.4, 0.5) is 10.7 Å². The summed E-state index contributed by atoms with van der Waals surface area (Å²) in [5.41, 5.74) is 6.73. The Hall–Kier alpha value is -0.880. The van der Waals surface area contributed by atoms with Gasteiger partial charge in [0.05, 0.1) is 10.6 Å². The summed E-state index contributed by atoms with van der Waals surface area (Å²) < 4.78 is 0. The van der Waals surface area contributed by atoms with E-state index in [0.29, 0.717) is 17.1 Å². The number of rotatable bonds is 6. The van der Waals surface area contributed by atoms with E-state index in [1.165, 1.54) is 37.0 Å². The van der Waals surface area contributed by atoms with Crippen molar-refractivity contribution in [1.29, 1.82) is 0 Å². The number of hydrogen-bond acceptors (Lipinski definition) is 5. The van der Waals surface area contributed by atoms with Crippen molar-refractivity contribution in [3.05, 3.63) is 4.88 Å². The van der Waals surface area contributed by atoms with Gasteiger partial charge in [0, 0.05) is 13.1 Å². The van der Waals surface area contributed by atoms with Gasteiger partial charge in [-0.05, 0) is 31.9 Å². The van der Waals surface area contributed by atoms with Gasteiger partial charge >= 0.3 is 0 Å². The smallest absolute Gasteiger partial charge is 0.263 e. The number of amides is 1. The van der Waals surface area contributed by atoms with E-state index < -0.39 is 0 Å². The van der Waals surface area contributed by atoms with Crippen molar-refractivity contribution in [2.45, 2.75) is 37.5 Å². The molecule has 2 rings (SSSR count). The molecule has 1 aromatic rings. The van der Waals surface area contributed by atoms with Crippen molar-refractivity contribution in [2.24, 2.45) is 5.92 Å². The minimum absolute atomic E-state index is 0.0702. The van der Waals surface area contributed by atoms with E-state index >= 15 is 0 Å². The lowest BCUT2D eigenvalue weighted by molar-refractivity contribution is 0.0960. The fourth-order valence-corrected chi connectivity index (χ4v) is 4.57. The van der Waals surface area contributed by atoms with Gasteiger partial charge in [-0.3, -0.25) is 4.79 Å². The van der Waals surface area contributed by atoms with E-state index in [9.17, 15) is 4.79 Å². The van der Waals surface area contributed by atoms with E-state index in [2.05, 4.69) is 10.6 Å². The first kappa shape index (κ1) is 15.5. The van der Waals surface area contributed by atoms with Gasteiger partial charge in [0.15, 0.2) is 0 Å². The summed E-state index contributed by atoms with van der Waals surface area (Å²) in [6, 6.07) is 0.